The second kappa shape index (κ2) is 4.24. The zero-order valence-corrected chi connectivity index (χ0v) is 8.29. The van der Waals surface area contributed by atoms with Gasteiger partial charge in [0.2, 0.25) is 5.88 Å². The monoisotopic (exact) mass is 190 g/mol. The fraction of sp³-hybridized carbons (Fsp3) is 0.364. The van der Waals surface area contributed by atoms with Crippen LogP contribution in [0.25, 0.3) is 5.57 Å². The molecule has 2 rings (SSSR count). The van der Waals surface area contributed by atoms with E-state index in [-0.39, 0.29) is 0 Å². The first kappa shape index (κ1) is 9.21. The van der Waals surface area contributed by atoms with E-state index in [4.69, 9.17) is 4.74 Å². The topological polar surface area (TPSA) is 34.1 Å². The molecule has 1 aromatic heterocycles. The Morgan fingerprint density at radius 1 is 1.50 bits per heavy atom. The van der Waals surface area contributed by atoms with Gasteiger partial charge in [-0.3, -0.25) is 0 Å². The number of ether oxygens (including phenoxy) is 1. The van der Waals surface area contributed by atoms with E-state index in [0.717, 1.165) is 19.5 Å². The minimum Gasteiger partial charge on any atom is -0.481 e. The summed E-state index contributed by atoms with van der Waals surface area (Å²) >= 11 is 0. The summed E-state index contributed by atoms with van der Waals surface area (Å²) in [5, 5.41) is 3.29. The van der Waals surface area contributed by atoms with Crippen molar-refractivity contribution >= 4 is 5.57 Å². The molecule has 14 heavy (non-hydrogen) atoms. The molecule has 0 fully saturated rings. The molecule has 0 spiro atoms. The molecular formula is C11H14N2O. The van der Waals surface area contributed by atoms with Crippen LogP contribution in [-0.4, -0.2) is 25.2 Å². The molecule has 1 aromatic rings. The number of pyridine rings is 1. The number of rotatable bonds is 2. The highest BCUT2D eigenvalue weighted by molar-refractivity contribution is 5.66. The van der Waals surface area contributed by atoms with E-state index < -0.39 is 0 Å². The van der Waals surface area contributed by atoms with Crippen molar-refractivity contribution in [3.8, 4) is 5.88 Å². The van der Waals surface area contributed by atoms with E-state index >= 15 is 0 Å². The quantitative estimate of drug-likeness (QED) is 0.766. The van der Waals surface area contributed by atoms with Gasteiger partial charge in [0.1, 0.15) is 0 Å². The van der Waals surface area contributed by atoms with Gasteiger partial charge in [0, 0.05) is 18.8 Å². The normalized spacial score (nSPS) is 16.2. The summed E-state index contributed by atoms with van der Waals surface area (Å²) < 4.78 is 5.09. The van der Waals surface area contributed by atoms with Crippen LogP contribution in [0.4, 0.5) is 0 Å². The van der Waals surface area contributed by atoms with Crippen molar-refractivity contribution in [3.63, 3.8) is 0 Å². The van der Waals surface area contributed by atoms with E-state index in [9.17, 15) is 0 Å². The van der Waals surface area contributed by atoms with E-state index in [2.05, 4.69) is 16.4 Å². The third kappa shape index (κ3) is 1.93. The first-order valence-corrected chi connectivity index (χ1v) is 4.80. The first-order chi connectivity index (χ1) is 6.90. The van der Waals surface area contributed by atoms with Crippen LogP contribution in [0.15, 0.2) is 24.4 Å². The Kier molecular flexibility index (Phi) is 2.79. The molecule has 0 saturated carbocycles. The molecule has 0 unspecified atom stereocenters. The highest BCUT2D eigenvalue weighted by Gasteiger charge is 2.06. The third-order valence-corrected chi connectivity index (χ3v) is 2.38. The number of methoxy groups -OCH3 is 1. The van der Waals surface area contributed by atoms with Crippen molar-refractivity contribution < 1.29 is 4.74 Å². The molecule has 74 valence electrons. The standard InChI is InChI=1S/C11H14N2O/c1-14-11-8-10(4-7-13-11)9-2-5-12-6-3-9/h2,4,7-8,12H,3,5-6H2,1H3. The molecule has 0 aromatic carbocycles. The molecule has 3 nitrogen and oxygen atoms in total. The number of hydrogen-bond acceptors (Lipinski definition) is 3. The van der Waals surface area contributed by atoms with Crippen molar-refractivity contribution in [1.29, 1.82) is 0 Å². The van der Waals surface area contributed by atoms with Crippen LogP contribution >= 0.6 is 0 Å². The van der Waals surface area contributed by atoms with Gasteiger partial charge in [-0.15, -0.1) is 0 Å². The predicted molar refractivity (Wildman–Crippen MR) is 56.3 cm³/mol. The van der Waals surface area contributed by atoms with Gasteiger partial charge < -0.3 is 10.1 Å². The Bertz CT molecular complexity index is 347. The van der Waals surface area contributed by atoms with E-state index in [0.29, 0.717) is 5.88 Å². The van der Waals surface area contributed by atoms with Crippen molar-refractivity contribution in [2.75, 3.05) is 20.2 Å². The molecule has 0 radical (unpaired) electrons. The van der Waals surface area contributed by atoms with Crippen molar-refractivity contribution in [2.24, 2.45) is 0 Å². The second-order valence-corrected chi connectivity index (χ2v) is 3.27. The Balaban J connectivity index is 2.26. The van der Waals surface area contributed by atoms with Gasteiger partial charge in [0.25, 0.3) is 0 Å². The minimum atomic E-state index is 0.682. The average Bonchev–Trinajstić information content (AvgIpc) is 2.30. The number of aromatic nitrogens is 1. The molecule has 1 aliphatic heterocycles. The molecule has 1 aliphatic rings. The van der Waals surface area contributed by atoms with Crippen molar-refractivity contribution in [3.05, 3.63) is 30.0 Å². The van der Waals surface area contributed by atoms with Gasteiger partial charge in [-0.25, -0.2) is 4.98 Å². The van der Waals surface area contributed by atoms with Crippen LogP contribution in [0, 0.1) is 0 Å². The van der Waals surface area contributed by atoms with Gasteiger partial charge in [-0.1, -0.05) is 6.08 Å². The maximum absolute atomic E-state index is 5.09. The summed E-state index contributed by atoms with van der Waals surface area (Å²) in [5.41, 5.74) is 2.60. The molecular weight excluding hydrogens is 176 g/mol. The van der Waals surface area contributed by atoms with Crippen LogP contribution in [-0.2, 0) is 0 Å². The van der Waals surface area contributed by atoms with Crippen LogP contribution in [0.5, 0.6) is 5.88 Å². The lowest BCUT2D eigenvalue weighted by molar-refractivity contribution is 0.397. The molecule has 3 heteroatoms. The van der Waals surface area contributed by atoms with Crippen molar-refractivity contribution in [2.45, 2.75) is 6.42 Å². The smallest absolute Gasteiger partial charge is 0.213 e. The molecule has 0 saturated heterocycles. The SMILES string of the molecule is COc1cc(C2=CCNCC2)ccn1. The van der Waals surface area contributed by atoms with Gasteiger partial charge >= 0.3 is 0 Å². The summed E-state index contributed by atoms with van der Waals surface area (Å²) in [7, 11) is 1.64. The molecule has 0 aliphatic carbocycles. The van der Waals surface area contributed by atoms with Gasteiger partial charge in [-0.05, 0) is 30.2 Å². The summed E-state index contributed by atoms with van der Waals surface area (Å²) in [6.45, 7) is 2.01. The largest absolute Gasteiger partial charge is 0.481 e. The maximum atomic E-state index is 5.09. The summed E-state index contributed by atoms with van der Waals surface area (Å²) in [6, 6.07) is 4.01. The Morgan fingerprint density at radius 2 is 2.43 bits per heavy atom. The Hall–Kier alpha value is -1.35. The Labute approximate surface area is 83.8 Å². The van der Waals surface area contributed by atoms with E-state index in [1.807, 2.05) is 12.1 Å². The Morgan fingerprint density at radius 3 is 3.14 bits per heavy atom. The minimum absolute atomic E-state index is 0.682. The van der Waals surface area contributed by atoms with Crippen LogP contribution < -0.4 is 10.1 Å². The van der Waals surface area contributed by atoms with Crippen LogP contribution in [0.1, 0.15) is 12.0 Å². The fourth-order valence-corrected chi connectivity index (χ4v) is 1.61. The lowest BCUT2D eigenvalue weighted by Crippen LogP contribution is -2.20. The second-order valence-electron chi connectivity index (χ2n) is 3.27. The zero-order valence-electron chi connectivity index (χ0n) is 8.29. The van der Waals surface area contributed by atoms with Crippen LogP contribution in [0.3, 0.4) is 0 Å². The summed E-state index contributed by atoms with van der Waals surface area (Å²) in [6.07, 6.45) is 5.09. The average molecular weight is 190 g/mol. The maximum Gasteiger partial charge on any atom is 0.213 e. The number of nitrogens with one attached hydrogen (secondary N) is 1. The predicted octanol–water partition coefficient (Wildman–Crippen LogP) is 1.47. The molecule has 0 bridgehead atoms. The number of hydrogen-bond donors (Lipinski definition) is 1. The lowest BCUT2D eigenvalue weighted by Gasteiger charge is -2.14. The van der Waals surface area contributed by atoms with Crippen LogP contribution in [0.2, 0.25) is 0 Å². The molecule has 0 atom stereocenters. The fourth-order valence-electron chi connectivity index (χ4n) is 1.61. The summed E-state index contributed by atoms with van der Waals surface area (Å²) in [5.74, 6) is 0.682. The van der Waals surface area contributed by atoms with E-state index in [1.54, 1.807) is 13.3 Å². The first-order valence-electron chi connectivity index (χ1n) is 4.80. The zero-order chi connectivity index (χ0) is 9.80. The molecule has 0 amide bonds. The van der Waals surface area contributed by atoms with Gasteiger partial charge in [0.15, 0.2) is 0 Å². The van der Waals surface area contributed by atoms with Gasteiger partial charge in [0.05, 0.1) is 7.11 Å². The highest BCUT2D eigenvalue weighted by Crippen LogP contribution is 2.21. The third-order valence-electron chi connectivity index (χ3n) is 2.38. The number of nitrogens with zero attached hydrogens (tertiary/aromatic N) is 1. The van der Waals surface area contributed by atoms with Gasteiger partial charge in [-0.2, -0.15) is 0 Å². The molecule has 2 heterocycles. The lowest BCUT2D eigenvalue weighted by atomic mass is 10.0. The molecule has 1 N–H and O–H groups in total. The van der Waals surface area contributed by atoms with Crippen molar-refractivity contribution in [1.82, 2.24) is 10.3 Å². The summed E-state index contributed by atoms with van der Waals surface area (Å²) in [4.78, 5) is 4.09. The highest BCUT2D eigenvalue weighted by atomic mass is 16.5. The van der Waals surface area contributed by atoms with E-state index in [1.165, 1.54) is 11.1 Å².